The number of aliphatic imine (C=N–C) groups is 2. The average molecular weight is 373 g/mol. The van der Waals surface area contributed by atoms with Crippen molar-refractivity contribution in [2.24, 2.45) is 31.8 Å². The molecule has 0 heterocycles. The van der Waals surface area contributed by atoms with E-state index >= 15 is 0 Å². The standard InChI is InChI=1S/2C7H15N3O.Co/c2*1-6(7(2)10-11)9-5-3-4-8;/h2*11H,3-5,8H2,1-2H3;/q;;+3/b2*9-6?,10-7+;. The van der Waals surface area contributed by atoms with Gasteiger partial charge >= 0.3 is 16.8 Å². The Kier molecular flexibility index (Phi) is 21.7. The van der Waals surface area contributed by atoms with Gasteiger partial charge in [0.25, 0.3) is 0 Å². The maximum atomic E-state index is 8.34. The maximum absolute atomic E-state index is 8.34. The van der Waals surface area contributed by atoms with Crippen LogP contribution in [-0.2, 0) is 16.8 Å². The zero-order valence-corrected chi connectivity index (χ0v) is 15.5. The average Bonchev–Trinajstić information content (AvgIpc) is 2.54. The first-order chi connectivity index (χ1) is 10.4. The molecule has 0 amide bonds. The molecule has 23 heavy (non-hydrogen) atoms. The Morgan fingerprint density at radius 2 is 1.00 bits per heavy atom. The summed E-state index contributed by atoms with van der Waals surface area (Å²) < 4.78 is 0. The summed E-state index contributed by atoms with van der Waals surface area (Å²) in [6.45, 7) is 9.74. The third kappa shape index (κ3) is 16.9. The van der Waals surface area contributed by atoms with Crippen LogP contribution in [0.4, 0.5) is 0 Å². The van der Waals surface area contributed by atoms with Crippen molar-refractivity contribution in [2.75, 3.05) is 26.2 Å². The first-order valence-electron chi connectivity index (χ1n) is 7.24. The van der Waals surface area contributed by atoms with Crippen molar-refractivity contribution in [3.05, 3.63) is 0 Å². The van der Waals surface area contributed by atoms with E-state index in [4.69, 9.17) is 21.9 Å². The van der Waals surface area contributed by atoms with E-state index in [-0.39, 0.29) is 16.8 Å². The summed E-state index contributed by atoms with van der Waals surface area (Å²) in [5, 5.41) is 22.7. The Morgan fingerprint density at radius 3 is 1.22 bits per heavy atom. The summed E-state index contributed by atoms with van der Waals surface area (Å²) in [7, 11) is 0. The van der Waals surface area contributed by atoms with Gasteiger partial charge in [-0.25, -0.2) is 0 Å². The maximum Gasteiger partial charge on any atom is 3.00 e. The predicted molar refractivity (Wildman–Crippen MR) is 93.1 cm³/mol. The van der Waals surface area contributed by atoms with E-state index in [9.17, 15) is 0 Å². The number of rotatable bonds is 8. The molecule has 0 aromatic carbocycles. The van der Waals surface area contributed by atoms with Crippen molar-refractivity contribution in [3.8, 4) is 0 Å². The van der Waals surface area contributed by atoms with Crippen LogP contribution in [0.2, 0.25) is 0 Å². The number of hydrogen-bond acceptors (Lipinski definition) is 8. The van der Waals surface area contributed by atoms with Crippen molar-refractivity contribution in [3.63, 3.8) is 0 Å². The Balaban J connectivity index is -0.000000333. The summed E-state index contributed by atoms with van der Waals surface area (Å²) in [5.74, 6) is 0. The van der Waals surface area contributed by atoms with Crippen molar-refractivity contribution < 1.29 is 27.2 Å². The molecule has 0 saturated carbocycles. The molecule has 0 fully saturated rings. The molecule has 0 radical (unpaired) electrons. The summed E-state index contributed by atoms with van der Waals surface area (Å²) in [4.78, 5) is 8.26. The molecule has 0 unspecified atom stereocenters. The molecular weight excluding hydrogens is 343 g/mol. The molecule has 0 atom stereocenters. The third-order valence-corrected chi connectivity index (χ3v) is 2.77. The second kappa shape index (κ2) is 18.8. The van der Waals surface area contributed by atoms with E-state index < -0.39 is 0 Å². The van der Waals surface area contributed by atoms with Crippen molar-refractivity contribution in [2.45, 2.75) is 40.5 Å². The van der Waals surface area contributed by atoms with Gasteiger partial charge in [-0.2, -0.15) is 0 Å². The minimum absolute atomic E-state index is 0. The van der Waals surface area contributed by atoms with Crippen LogP contribution >= 0.6 is 0 Å². The molecule has 0 aliphatic rings. The van der Waals surface area contributed by atoms with Crippen LogP contribution in [0.25, 0.3) is 0 Å². The van der Waals surface area contributed by atoms with Crippen LogP contribution < -0.4 is 11.5 Å². The SMILES string of the molecule is CC(=NCCCN)/C(C)=N/O.CC(=NCCCN)/C(C)=N/O.[Co+3]. The molecule has 0 aromatic rings. The van der Waals surface area contributed by atoms with Gasteiger partial charge < -0.3 is 21.9 Å². The second-order valence-corrected chi connectivity index (χ2v) is 4.59. The van der Waals surface area contributed by atoms with Crippen molar-refractivity contribution >= 4 is 22.8 Å². The van der Waals surface area contributed by atoms with E-state index in [0.717, 1.165) is 24.3 Å². The molecule has 0 rings (SSSR count). The summed E-state index contributed by atoms with van der Waals surface area (Å²) in [6.07, 6.45) is 1.74. The second-order valence-electron chi connectivity index (χ2n) is 4.59. The van der Waals surface area contributed by atoms with Crippen LogP contribution in [0.1, 0.15) is 40.5 Å². The molecule has 0 aliphatic carbocycles. The topological polar surface area (TPSA) is 142 Å². The molecule has 134 valence electrons. The van der Waals surface area contributed by atoms with Crippen molar-refractivity contribution in [1.82, 2.24) is 0 Å². The Bertz CT molecular complexity index is 370. The van der Waals surface area contributed by atoms with E-state index in [1.165, 1.54) is 0 Å². The number of hydrogen-bond donors (Lipinski definition) is 4. The summed E-state index contributed by atoms with van der Waals surface area (Å²) in [5.41, 5.74) is 13.2. The van der Waals surface area contributed by atoms with Crippen LogP contribution in [0.3, 0.4) is 0 Å². The summed E-state index contributed by atoms with van der Waals surface area (Å²) in [6, 6.07) is 0. The Hall–Kier alpha value is -1.29. The minimum atomic E-state index is 0. The van der Waals surface area contributed by atoms with Gasteiger partial charge in [0, 0.05) is 13.1 Å². The van der Waals surface area contributed by atoms with E-state index in [1.807, 2.05) is 13.8 Å². The first kappa shape index (κ1) is 26.6. The monoisotopic (exact) mass is 373 g/mol. The van der Waals surface area contributed by atoms with E-state index in [2.05, 4.69) is 20.3 Å². The Morgan fingerprint density at radius 1 is 0.696 bits per heavy atom. The number of nitrogens with zero attached hydrogens (tertiary/aromatic N) is 4. The molecule has 0 aliphatic heterocycles. The van der Waals surface area contributed by atoms with Crippen LogP contribution in [0.5, 0.6) is 0 Å². The van der Waals surface area contributed by atoms with Crippen LogP contribution in [-0.4, -0.2) is 59.4 Å². The number of oxime groups is 2. The molecule has 0 bridgehead atoms. The Labute approximate surface area is 149 Å². The van der Waals surface area contributed by atoms with Gasteiger partial charge in [0.15, 0.2) is 0 Å². The fourth-order valence-electron chi connectivity index (χ4n) is 1.05. The molecule has 6 N–H and O–H groups in total. The number of nitrogens with two attached hydrogens (primary N) is 2. The fourth-order valence-corrected chi connectivity index (χ4v) is 1.05. The third-order valence-electron chi connectivity index (χ3n) is 2.77. The fraction of sp³-hybridized carbons (Fsp3) is 0.714. The van der Waals surface area contributed by atoms with Crippen LogP contribution in [0.15, 0.2) is 20.3 Å². The van der Waals surface area contributed by atoms with Crippen LogP contribution in [0, 0.1) is 0 Å². The predicted octanol–water partition coefficient (Wildman–Crippen LogP) is 1.29. The molecule has 0 spiro atoms. The smallest absolute Gasteiger partial charge is 0.411 e. The van der Waals surface area contributed by atoms with Gasteiger partial charge in [0.05, 0.1) is 22.8 Å². The molecule has 9 heteroatoms. The largest absolute Gasteiger partial charge is 3.00 e. The first-order valence-corrected chi connectivity index (χ1v) is 7.24. The van der Waals surface area contributed by atoms with E-state index in [1.54, 1.807) is 13.8 Å². The van der Waals surface area contributed by atoms with Gasteiger partial charge in [-0.3, -0.25) is 9.98 Å². The zero-order chi connectivity index (χ0) is 17.4. The van der Waals surface area contributed by atoms with Gasteiger partial charge in [-0.1, -0.05) is 10.3 Å². The molecule has 0 saturated heterocycles. The quantitative estimate of drug-likeness (QED) is 0.220. The van der Waals surface area contributed by atoms with Gasteiger partial charge in [0.2, 0.25) is 0 Å². The molecular formula is C14H30CoN6O2+3. The summed E-state index contributed by atoms with van der Waals surface area (Å²) >= 11 is 0. The molecule has 0 aromatic heterocycles. The normalized spacial score (nSPS) is 13.1. The van der Waals surface area contributed by atoms with E-state index in [0.29, 0.717) is 37.6 Å². The van der Waals surface area contributed by atoms with Gasteiger partial charge in [0.1, 0.15) is 0 Å². The molecule has 8 nitrogen and oxygen atoms in total. The minimum Gasteiger partial charge on any atom is -0.411 e. The van der Waals surface area contributed by atoms with Gasteiger partial charge in [-0.15, -0.1) is 0 Å². The van der Waals surface area contributed by atoms with Crippen molar-refractivity contribution in [1.29, 1.82) is 0 Å². The van der Waals surface area contributed by atoms with Gasteiger partial charge in [-0.05, 0) is 53.6 Å². The zero-order valence-electron chi connectivity index (χ0n) is 14.4.